The summed E-state index contributed by atoms with van der Waals surface area (Å²) in [6.45, 7) is 7.68. The van der Waals surface area contributed by atoms with Gasteiger partial charge in [-0.3, -0.25) is 4.90 Å². The van der Waals surface area contributed by atoms with Crippen LogP contribution in [-0.2, 0) is 0 Å². The van der Waals surface area contributed by atoms with Crippen LogP contribution in [0, 0.1) is 24.2 Å². The zero-order valence-electron chi connectivity index (χ0n) is 12.0. The lowest BCUT2D eigenvalue weighted by molar-refractivity contribution is 0.0841. The normalized spacial score (nSPS) is 31.4. The van der Waals surface area contributed by atoms with Gasteiger partial charge in [0.25, 0.3) is 0 Å². The molecule has 1 saturated carbocycles. The number of hydrogen-bond donors (Lipinski definition) is 1. The van der Waals surface area contributed by atoms with Crippen LogP contribution in [0.25, 0.3) is 0 Å². The van der Waals surface area contributed by atoms with Crippen molar-refractivity contribution < 1.29 is 0 Å². The van der Waals surface area contributed by atoms with Crippen LogP contribution in [0.4, 0.5) is 0 Å². The minimum absolute atomic E-state index is 0.612. The second kappa shape index (κ2) is 6.59. The van der Waals surface area contributed by atoms with E-state index in [1.54, 1.807) is 0 Å². The fourth-order valence-electron chi connectivity index (χ4n) is 3.66. The average Bonchev–Trinajstić information content (AvgIpc) is 2.40. The number of hydrogen-bond acceptors (Lipinski definition) is 2. The maximum Gasteiger partial charge on any atom is 0.0602 e. The van der Waals surface area contributed by atoms with Crippen LogP contribution in [0.5, 0.6) is 0 Å². The Labute approximate surface area is 113 Å². The van der Waals surface area contributed by atoms with Crippen molar-refractivity contribution in [2.45, 2.75) is 58.0 Å². The van der Waals surface area contributed by atoms with Crippen LogP contribution >= 0.6 is 0 Å². The van der Waals surface area contributed by atoms with Crippen molar-refractivity contribution in [3.8, 4) is 12.3 Å². The summed E-state index contributed by atoms with van der Waals surface area (Å²) >= 11 is 0. The molecule has 2 aliphatic rings. The Morgan fingerprint density at radius 3 is 2.61 bits per heavy atom. The summed E-state index contributed by atoms with van der Waals surface area (Å²) in [5.41, 5.74) is 0. The molecule has 2 unspecified atom stereocenters. The van der Waals surface area contributed by atoms with Crippen molar-refractivity contribution in [1.29, 1.82) is 0 Å². The van der Waals surface area contributed by atoms with Gasteiger partial charge in [0, 0.05) is 25.2 Å². The van der Waals surface area contributed by atoms with Gasteiger partial charge in [0.2, 0.25) is 0 Å². The van der Waals surface area contributed by atoms with Crippen molar-refractivity contribution in [2.24, 2.45) is 11.8 Å². The third kappa shape index (κ3) is 3.28. The van der Waals surface area contributed by atoms with E-state index in [0.29, 0.717) is 18.0 Å². The summed E-state index contributed by atoms with van der Waals surface area (Å²) in [7, 11) is 0. The van der Waals surface area contributed by atoms with Crippen LogP contribution < -0.4 is 5.32 Å². The van der Waals surface area contributed by atoms with E-state index < -0.39 is 0 Å². The monoisotopic (exact) mass is 248 g/mol. The number of terminal acetylenes is 1. The zero-order chi connectivity index (χ0) is 13.0. The van der Waals surface area contributed by atoms with Gasteiger partial charge in [-0.15, -0.1) is 6.42 Å². The molecular formula is C16H28N2. The molecule has 1 saturated heterocycles. The summed E-state index contributed by atoms with van der Waals surface area (Å²) in [6, 6.07) is 1.29. The van der Waals surface area contributed by atoms with Gasteiger partial charge in [0.1, 0.15) is 0 Å². The molecule has 2 heteroatoms. The van der Waals surface area contributed by atoms with E-state index in [4.69, 9.17) is 6.42 Å². The molecule has 0 amide bonds. The Balaban J connectivity index is 1.94. The van der Waals surface area contributed by atoms with Crippen molar-refractivity contribution in [2.75, 3.05) is 19.6 Å². The molecule has 2 rings (SSSR count). The van der Waals surface area contributed by atoms with Crippen molar-refractivity contribution in [3.63, 3.8) is 0 Å². The van der Waals surface area contributed by atoms with E-state index in [0.717, 1.165) is 25.6 Å². The van der Waals surface area contributed by atoms with Crippen LogP contribution in [0.2, 0.25) is 0 Å². The lowest BCUT2D eigenvalue weighted by atomic mass is 9.82. The first-order valence-corrected chi connectivity index (χ1v) is 7.63. The highest BCUT2D eigenvalue weighted by Crippen LogP contribution is 2.29. The molecule has 1 aliphatic heterocycles. The third-order valence-electron chi connectivity index (χ3n) is 4.77. The predicted molar refractivity (Wildman–Crippen MR) is 77.4 cm³/mol. The molecule has 0 bridgehead atoms. The molecule has 1 N–H and O–H groups in total. The Kier molecular flexibility index (Phi) is 5.09. The lowest BCUT2D eigenvalue weighted by Crippen LogP contribution is -2.60. The predicted octanol–water partition coefficient (Wildman–Crippen LogP) is 2.50. The molecule has 2 fully saturated rings. The topological polar surface area (TPSA) is 15.3 Å². The van der Waals surface area contributed by atoms with Crippen LogP contribution in [0.15, 0.2) is 0 Å². The van der Waals surface area contributed by atoms with Gasteiger partial charge in [-0.1, -0.05) is 39.0 Å². The van der Waals surface area contributed by atoms with Gasteiger partial charge in [0.05, 0.1) is 6.54 Å². The highest BCUT2D eigenvalue weighted by Gasteiger charge is 2.33. The van der Waals surface area contributed by atoms with Gasteiger partial charge < -0.3 is 5.32 Å². The van der Waals surface area contributed by atoms with Crippen LogP contribution in [0.3, 0.4) is 0 Å². The Morgan fingerprint density at radius 1 is 1.28 bits per heavy atom. The maximum atomic E-state index is 5.53. The van der Waals surface area contributed by atoms with Gasteiger partial charge in [0.15, 0.2) is 0 Å². The quantitative estimate of drug-likeness (QED) is 0.772. The lowest BCUT2D eigenvalue weighted by Gasteiger charge is -2.44. The fourth-order valence-corrected chi connectivity index (χ4v) is 3.66. The summed E-state index contributed by atoms with van der Waals surface area (Å²) in [5.74, 6) is 4.40. The van der Waals surface area contributed by atoms with E-state index in [1.807, 2.05) is 0 Å². The second-order valence-electron chi connectivity index (χ2n) is 6.36. The molecule has 1 heterocycles. The number of nitrogens with zero attached hydrogens (tertiary/aromatic N) is 1. The van der Waals surface area contributed by atoms with Crippen molar-refractivity contribution >= 4 is 0 Å². The van der Waals surface area contributed by atoms with Crippen LogP contribution in [-0.4, -0.2) is 36.6 Å². The first kappa shape index (κ1) is 13.9. The maximum absolute atomic E-state index is 5.53. The zero-order valence-corrected chi connectivity index (χ0v) is 12.0. The highest BCUT2D eigenvalue weighted by molar-refractivity contribution is 4.97. The Hall–Kier alpha value is -0.520. The molecule has 102 valence electrons. The molecule has 0 aromatic rings. The first-order chi connectivity index (χ1) is 8.72. The average molecular weight is 248 g/mol. The van der Waals surface area contributed by atoms with Crippen molar-refractivity contribution in [1.82, 2.24) is 10.2 Å². The number of nitrogens with one attached hydrogen (secondary N) is 1. The van der Waals surface area contributed by atoms with Gasteiger partial charge in [-0.05, 0) is 24.7 Å². The second-order valence-corrected chi connectivity index (χ2v) is 6.36. The number of piperazine rings is 1. The minimum Gasteiger partial charge on any atom is -0.311 e. The Morgan fingerprint density at radius 2 is 2.00 bits per heavy atom. The fraction of sp³-hybridized carbons (Fsp3) is 0.875. The van der Waals surface area contributed by atoms with E-state index in [1.165, 1.54) is 32.1 Å². The first-order valence-electron chi connectivity index (χ1n) is 7.63. The third-order valence-corrected chi connectivity index (χ3v) is 4.77. The molecular weight excluding hydrogens is 220 g/mol. The van der Waals surface area contributed by atoms with Crippen molar-refractivity contribution in [3.05, 3.63) is 0 Å². The van der Waals surface area contributed by atoms with Crippen LogP contribution in [0.1, 0.15) is 46.0 Å². The highest BCUT2D eigenvalue weighted by atomic mass is 15.2. The molecule has 0 spiro atoms. The summed E-state index contributed by atoms with van der Waals surface area (Å²) in [4.78, 5) is 2.53. The molecule has 0 aromatic heterocycles. The van der Waals surface area contributed by atoms with Gasteiger partial charge in [-0.25, -0.2) is 0 Å². The van der Waals surface area contributed by atoms with E-state index in [-0.39, 0.29) is 0 Å². The minimum atomic E-state index is 0.612. The SMILES string of the molecule is C#CCN1CC(C2CCCCC2)NCC1C(C)C. The summed E-state index contributed by atoms with van der Waals surface area (Å²) in [5, 5.41) is 3.80. The molecule has 0 aromatic carbocycles. The molecule has 1 aliphatic carbocycles. The summed E-state index contributed by atoms with van der Waals surface area (Å²) < 4.78 is 0. The summed E-state index contributed by atoms with van der Waals surface area (Å²) in [6.07, 6.45) is 12.6. The molecule has 2 atom stereocenters. The van der Waals surface area contributed by atoms with E-state index in [9.17, 15) is 0 Å². The van der Waals surface area contributed by atoms with Gasteiger partial charge in [-0.2, -0.15) is 0 Å². The standard InChI is InChI=1S/C16H28N2/c1-4-10-18-12-15(14-8-6-5-7-9-14)17-11-16(18)13(2)3/h1,13-17H,5-12H2,2-3H3. The smallest absolute Gasteiger partial charge is 0.0602 e. The molecule has 18 heavy (non-hydrogen) atoms. The molecule has 0 radical (unpaired) electrons. The Bertz CT molecular complexity index is 286. The largest absolute Gasteiger partial charge is 0.311 e. The number of rotatable bonds is 3. The van der Waals surface area contributed by atoms with E-state index in [2.05, 4.69) is 30.0 Å². The molecule has 2 nitrogen and oxygen atoms in total. The van der Waals surface area contributed by atoms with Gasteiger partial charge >= 0.3 is 0 Å². The van der Waals surface area contributed by atoms with E-state index >= 15 is 0 Å².